The molecule has 0 saturated carbocycles. The van der Waals surface area contributed by atoms with Crippen LogP contribution in [0.5, 0.6) is 5.75 Å². The molecule has 6 rings (SSSR count). The van der Waals surface area contributed by atoms with Gasteiger partial charge in [0.25, 0.3) is 5.56 Å². The molecule has 5 unspecified atom stereocenters. The third-order valence-electron chi connectivity index (χ3n) is 9.24. The van der Waals surface area contributed by atoms with Gasteiger partial charge >= 0.3 is 29.8 Å². The molecule has 16 nitrogen and oxygen atoms in total. The average Bonchev–Trinajstić information content (AvgIpc) is 3.44. The van der Waals surface area contributed by atoms with E-state index in [0.717, 1.165) is 20.8 Å². The number of aromatic nitrogens is 2. The fourth-order valence-corrected chi connectivity index (χ4v) is 7.23. The van der Waals surface area contributed by atoms with Gasteiger partial charge in [-0.3, -0.25) is 28.8 Å². The van der Waals surface area contributed by atoms with E-state index in [1.54, 1.807) is 23.6 Å². The molecule has 1 saturated heterocycles. The van der Waals surface area contributed by atoms with Gasteiger partial charge in [0.2, 0.25) is 6.29 Å². The molecule has 8 atom stereocenters. The number of ether oxygens (including phenoxy) is 8. The van der Waals surface area contributed by atoms with Crippen molar-refractivity contribution in [2.24, 2.45) is 0 Å². The van der Waals surface area contributed by atoms with Gasteiger partial charge in [0.05, 0.1) is 29.6 Å². The van der Waals surface area contributed by atoms with Crippen LogP contribution in [0.2, 0.25) is 0 Å². The summed E-state index contributed by atoms with van der Waals surface area (Å²) in [5.41, 5.74) is 2.88. The van der Waals surface area contributed by atoms with Gasteiger partial charge in [0, 0.05) is 57.0 Å². The molecule has 0 aliphatic carbocycles. The average molecular weight is 737 g/mol. The first-order valence-corrected chi connectivity index (χ1v) is 17.2. The van der Waals surface area contributed by atoms with Crippen molar-refractivity contribution in [1.82, 2.24) is 9.55 Å². The van der Waals surface area contributed by atoms with Crippen molar-refractivity contribution in [3.63, 3.8) is 0 Å². The molecule has 2 aromatic heterocycles. The smallest absolute Gasteiger partial charge is 0.308 e. The Morgan fingerprint density at radius 1 is 0.849 bits per heavy atom. The highest BCUT2D eigenvalue weighted by molar-refractivity contribution is 5.92. The predicted octanol–water partition coefficient (Wildman–Crippen LogP) is 3.36. The molecule has 3 aliphatic heterocycles. The number of benzene rings is 1. The summed E-state index contributed by atoms with van der Waals surface area (Å²) in [4.78, 5) is 80.0. The molecule has 1 aromatic carbocycles. The standard InChI is InChI=1S/C37H40N2O14/c1-8-22-24-13-27-30-25(31(48-18(4)41)23-11-9-10-12-26(23)38-30)14-39(27)35(45)29(24)16(2)47-36(22)53-37-34(51-21(7)44)33(50-20(6)43)32(49-19(5)42)28(52-37)15-46-17(3)40/h9-13,16,22,28,32-34,36-37H,8,14-15H2,1-7H3/t16-,22+,28?,32?,33?,34?,36-,37?/m0/s1. The first-order chi connectivity index (χ1) is 25.2. The van der Waals surface area contributed by atoms with Crippen molar-refractivity contribution < 1.29 is 61.9 Å². The normalized spacial score (nSPS) is 25.7. The molecular formula is C37H40N2O14. The highest BCUT2D eigenvalue weighted by Crippen LogP contribution is 2.45. The maximum Gasteiger partial charge on any atom is 0.308 e. The number of nitrogens with zero attached hydrogens (tertiary/aromatic N) is 2. The van der Waals surface area contributed by atoms with Gasteiger partial charge in [-0.05, 0) is 37.1 Å². The summed E-state index contributed by atoms with van der Waals surface area (Å²) < 4.78 is 48.0. The summed E-state index contributed by atoms with van der Waals surface area (Å²) >= 11 is 0. The van der Waals surface area contributed by atoms with Crippen molar-refractivity contribution >= 4 is 40.7 Å². The highest BCUT2D eigenvalue weighted by Gasteiger charge is 2.54. The van der Waals surface area contributed by atoms with Gasteiger partial charge in [0.15, 0.2) is 24.6 Å². The highest BCUT2D eigenvalue weighted by atomic mass is 16.8. The maximum atomic E-state index is 14.3. The van der Waals surface area contributed by atoms with Crippen molar-refractivity contribution in [2.45, 2.75) is 110 Å². The fraction of sp³-hybridized carbons (Fsp3) is 0.486. The first kappa shape index (κ1) is 37.6. The summed E-state index contributed by atoms with van der Waals surface area (Å²) in [5.74, 6) is -3.76. The lowest BCUT2D eigenvalue weighted by molar-refractivity contribution is -0.349. The molecule has 3 aromatic rings. The van der Waals surface area contributed by atoms with Crippen molar-refractivity contribution in [1.29, 1.82) is 0 Å². The number of rotatable bonds is 9. The molecule has 16 heteroatoms. The van der Waals surface area contributed by atoms with Crippen LogP contribution in [-0.2, 0) is 63.7 Å². The molecule has 0 amide bonds. The van der Waals surface area contributed by atoms with Gasteiger partial charge in [-0.25, -0.2) is 4.98 Å². The largest absolute Gasteiger partial charge is 0.463 e. The molecule has 0 radical (unpaired) electrons. The minimum Gasteiger partial charge on any atom is -0.463 e. The molecule has 53 heavy (non-hydrogen) atoms. The maximum absolute atomic E-state index is 14.3. The third-order valence-corrected chi connectivity index (χ3v) is 9.24. The van der Waals surface area contributed by atoms with E-state index >= 15 is 0 Å². The Balaban J connectivity index is 1.41. The second-order valence-electron chi connectivity index (χ2n) is 13.0. The number of hydrogen-bond acceptors (Lipinski definition) is 15. The summed E-state index contributed by atoms with van der Waals surface area (Å²) in [6.07, 6.45) is -8.53. The molecule has 3 aliphatic rings. The minimum absolute atomic E-state index is 0.116. The van der Waals surface area contributed by atoms with E-state index in [4.69, 9.17) is 42.9 Å². The van der Waals surface area contributed by atoms with Crippen molar-refractivity contribution in [2.75, 3.05) is 6.61 Å². The van der Waals surface area contributed by atoms with Crippen LogP contribution >= 0.6 is 0 Å². The van der Waals surface area contributed by atoms with E-state index in [1.165, 1.54) is 13.8 Å². The van der Waals surface area contributed by atoms with Gasteiger partial charge in [-0.1, -0.05) is 19.1 Å². The number of carbonyl (C=O) groups excluding carboxylic acids is 5. The number of hydrogen-bond donors (Lipinski definition) is 0. The second kappa shape index (κ2) is 15.0. The van der Waals surface area contributed by atoms with E-state index in [2.05, 4.69) is 0 Å². The molecule has 0 spiro atoms. The van der Waals surface area contributed by atoms with Crippen molar-refractivity contribution in [3.8, 4) is 17.1 Å². The molecule has 0 N–H and O–H groups in total. The van der Waals surface area contributed by atoms with Crippen LogP contribution in [0.4, 0.5) is 0 Å². The van der Waals surface area contributed by atoms with E-state index in [1.807, 2.05) is 25.1 Å². The lowest BCUT2D eigenvalue weighted by atomic mass is 9.87. The van der Waals surface area contributed by atoms with Gasteiger partial charge in [-0.15, -0.1) is 0 Å². The number of carbonyl (C=O) groups is 5. The zero-order chi connectivity index (χ0) is 38.3. The lowest BCUT2D eigenvalue weighted by Gasteiger charge is -2.46. The van der Waals surface area contributed by atoms with Crippen LogP contribution in [-0.4, -0.2) is 83.0 Å². The lowest BCUT2D eigenvalue weighted by Crippen LogP contribution is -2.63. The van der Waals surface area contributed by atoms with Crippen LogP contribution in [0.1, 0.15) is 83.6 Å². The number of pyridine rings is 2. The predicted molar refractivity (Wildman–Crippen MR) is 181 cm³/mol. The van der Waals surface area contributed by atoms with Crippen LogP contribution in [0.25, 0.3) is 22.3 Å². The molecular weight excluding hydrogens is 696 g/mol. The Morgan fingerprint density at radius 3 is 2.15 bits per heavy atom. The van der Waals surface area contributed by atoms with E-state index in [-0.39, 0.29) is 12.1 Å². The number of fused-ring (bicyclic) bond motifs is 5. The Kier molecular flexibility index (Phi) is 10.7. The molecule has 5 heterocycles. The first-order valence-electron chi connectivity index (χ1n) is 17.2. The summed E-state index contributed by atoms with van der Waals surface area (Å²) in [7, 11) is 0. The Bertz CT molecular complexity index is 2040. The quantitative estimate of drug-likeness (QED) is 0.179. The van der Waals surface area contributed by atoms with E-state index in [0.29, 0.717) is 51.2 Å². The topological polar surface area (TPSA) is 194 Å². The number of esters is 5. The second-order valence-corrected chi connectivity index (χ2v) is 13.0. The molecule has 1 fully saturated rings. The minimum atomic E-state index is -1.50. The summed E-state index contributed by atoms with van der Waals surface area (Å²) in [6.45, 7) is 9.13. The van der Waals surface area contributed by atoms with Crippen LogP contribution < -0.4 is 10.3 Å². The van der Waals surface area contributed by atoms with E-state index in [9.17, 15) is 28.8 Å². The van der Waals surface area contributed by atoms with E-state index < -0.39 is 85.5 Å². The Morgan fingerprint density at radius 2 is 1.51 bits per heavy atom. The van der Waals surface area contributed by atoms with Crippen LogP contribution in [0.15, 0.2) is 35.1 Å². The van der Waals surface area contributed by atoms with Gasteiger partial charge in [0.1, 0.15) is 18.5 Å². The van der Waals surface area contributed by atoms with Crippen LogP contribution in [0.3, 0.4) is 0 Å². The zero-order valence-corrected chi connectivity index (χ0v) is 30.2. The Labute approximate surface area is 303 Å². The zero-order valence-electron chi connectivity index (χ0n) is 30.2. The van der Waals surface area contributed by atoms with Gasteiger partial charge in [-0.2, -0.15) is 0 Å². The number of para-hydroxylation sites is 1. The summed E-state index contributed by atoms with van der Waals surface area (Å²) in [6, 6.07) is 9.09. The van der Waals surface area contributed by atoms with Crippen LogP contribution in [0, 0.1) is 0 Å². The molecule has 0 bridgehead atoms. The SMILES string of the molecule is CC[C@@H]1c2cc3n(c(=O)c2[C@H](C)O[C@H]1OC1OC(COC(C)=O)C(OC(C)=O)C(OC(C)=O)C1OC(C)=O)Cc1c-3nc2ccccc2c1OC(C)=O. The Hall–Kier alpha value is -5.19. The van der Waals surface area contributed by atoms with Crippen molar-refractivity contribution in [3.05, 3.63) is 57.4 Å². The monoisotopic (exact) mass is 736 g/mol. The molecule has 282 valence electrons. The fourth-order valence-electron chi connectivity index (χ4n) is 7.23. The summed E-state index contributed by atoms with van der Waals surface area (Å²) in [5, 5.41) is 0.633. The third kappa shape index (κ3) is 7.39. The van der Waals surface area contributed by atoms with Gasteiger partial charge < -0.3 is 42.5 Å².